The maximum atomic E-state index is 12.8. The molecule has 176 valence electrons. The number of pyridine rings is 1. The number of nitrogens with zero attached hydrogens (tertiary/aromatic N) is 4. The number of piperazine rings is 1. The van der Waals surface area contributed by atoms with Gasteiger partial charge in [-0.3, -0.25) is 24.6 Å². The average molecular weight is 460 g/mol. The Kier molecular flexibility index (Phi) is 6.18. The van der Waals surface area contributed by atoms with E-state index < -0.39 is 16.5 Å². The summed E-state index contributed by atoms with van der Waals surface area (Å²) in [5.41, 5.74) is -0.0150. The minimum absolute atomic E-state index is 0.0489. The number of methoxy groups -OCH3 is 1. The molecular weight excluding hydrogens is 436 g/mol. The van der Waals surface area contributed by atoms with Crippen molar-refractivity contribution < 1.29 is 29.1 Å². The maximum Gasteiger partial charge on any atom is 0.511 e. The van der Waals surface area contributed by atoms with Crippen LogP contribution in [0.25, 0.3) is 10.9 Å². The highest BCUT2D eigenvalue weighted by Crippen LogP contribution is 2.40. The molecule has 4 rings (SSSR count). The third-order valence-corrected chi connectivity index (χ3v) is 6.00. The van der Waals surface area contributed by atoms with Crippen molar-refractivity contribution in [2.24, 2.45) is 0 Å². The molecule has 1 aromatic carbocycles. The second kappa shape index (κ2) is 9.06. The summed E-state index contributed by atoms with van der Waals surface area (Å²) in [6.45, 7) is 2.82. The Balaban J connectivity index is 1.69. The molecule has 1 N–H and O–H groups in total. The maximum absolute atomic E-state index is 12.8. The first-order chi connectivity index (χ1) is 15.8. The molecule has 12 nitrogen and oxygen atoms in total. The van der Waals surface area contributed by atoms with Gasteiger partial charge >= 0.3 is 12.1 Å². The van der Waals surface area contributed by atoms with Crippen LogP contribution in [-0.4, -0.2) is 71.5 Å². The molecule has 0 bridgehead atoms. The minimum atomic E-state index is -1.62. The van der Waals surface area contributed by atoms with E-state index in [9.17, 15) is 24.5 Å². The van der Waals surface area contributed by atoms with Crippen molar-refractivity contribution in [2.75, 3.05) is 44.7 Å². The first kappa shape index (κ1) is 22.5. The molecule has 2 aromatic rings. The zero-order chi connectivity index (χ0) is 23.7. The highest BCUT2D eigenvalue weighted by atomic mass is 16.7. The van der Waals surface area contributed by atoms with Gasteiger partial charge in [-0.05, 0) is 18.9 Å². The van der Waals surface area contributed by atoms with Crippen LogP contribution in [0.4, 0.5) is 16.2 Å². The highest BCUT2D eigenvalue weighted by Gasteiger charge is 2.30. The number of hydrogen-bond acceptors (Lipinski definition) is 9. The van der Waals surface area contributed by atoms with Gasteiger partial charge in [-0.2, -0.15) is 0 Å². The zero-order valence-corrected chi connectivity index (χ0v) is 18.1. The van der Waals surface area contributed by atoms with E-state index in [0.717, 1.165) is 12.8 Å². The summed E-state index contributed by atoms with van der Waals surface area (Å²) in [4.78, 5) is 50.5. The van der Waals surface area contributed by atoms with Gasteiger partial charge in [0.2, 0.25) is 5.43 Å². The van der Waals surface area contributed by atoms with Crippen molar-refractivity contribution in [3.63, 3.8) is 0 Å². The molecule has 2 fully saturated rings. The van der Waals surface area contributed by atoms with Crippen LogP contribution in [0.5, 0.6) is 5.75 Å². The minimum Gasteiger partial charge on any atom is -0.469 e. The van der Waals surface area contributed by atoms with Crippen molar-refractivity contribution in [1.29, 1.82) is 0 Å². The quantitative estimate of drug-likeness (QED) is 0.370. The lowest BCUT2D eigenvalue weighted by Gasteiger charge is -2.35. The molecule has 12 heteroatoms. The molecule has 1 aromatic heterocycles. The Labute approximate surface area is 188 Å². The topological polar surface area (TPSA) is 144 Å². The molecule has 0 spiro atoms. The van der Waals surface area contributed by atoms with Gasteiger partial charge in [-0.1, -0.05) is 0 Å². The van der Waals surface area contributed by atoms with Crippen LogP contribution in [0.2, 0.25) is 0 Å². The molecule has 0 unspecified atom stereocenters. The third kappa shape index (κ3) is 4.75. The molecule has 0 radical (unpaired) electrons. The molecule has 2 aliphatic rings. The number of ether oxygens (including phenoxy) is 2. The number of esters is 1. The molecule has 0 atom stereocenters. The number of nitro groups is 1. The summed E-state index contributed by atoms with van der Waals surface area (Å²) in [5.74, 6) is -0.657. The fourth-order valence-corrected chi connectivity index (χ4v) is 4.13. The largest absolute Gasteiger partial charge is 0.511 e. The van der Waals surface area contributed by atoms with Gasteiger partial charge < -0.3 is 24.0 Å². The number of hydrogen-bond donors (Lipinski definition) is 1. The molecule has 1 aliphatic carbocycles. The zero-order valence-electron chi connectivity index (χ0n) is 18.1. The van der Waals surface area contributed by atoms with Crippen LogP contribution in [-0.2, 0) is 9.53 Å². The molecular formula is C21H24N4O8. The number of fused-ring (bicyclic) bond motifs is 1. The van der Waals surface area contributed by atoms with Crippen LogP contribution >= 0.6 is 0 Å². The lowest BCUT2D eigenvalue weighted by molar-refractivity contribution is -0.384. The standard InChI is InChI=1S/C21H24N4O8/c1-32-19(26)4-5-22-6-8-23(9-7-22)16-11-15-14(10-17(16)25(30)31)20(27)18(33-21(28)29)12-24(15)13-2-3-13/h10-13H,2-9H2,1H3,(H,28,29). The van der Waals surface area contributed by atoms with Crippen LogP contribution in [0, 0.1) is 10.1 Å². The van der Waals surface area contributed by atoms with Crippen molar-refractivity contribution in [1.82, 2.24) is 9.47 Å². The summed E-state index contributed by atoms with van der Waals surface area (Å²) < 4.78 is 11.1. The number of rotatable bonds is 7. The van der Waals surface area contributed by atoms with Gasteiger partial charge in [0, 0.05) is 44.8 Å². The monoisotopic (exact) mass is 460 g/mol. The number of aromatic nitrogens is 1. The molecule has 0 amide bonds. The van der Waals surface area contributed by atoms with Gasteiger partial charge in [-0.15, -0.1) is 0 Å². The Morgan fingerprint density at radius 2 is 1.91 bits per heavy atom. The van der Waals surface area contributed by atoms with Gasteiger partial charge in [0.1, 0.15) is 5.69 Å². The van der Waals surface area contributed by atoms with E-state index >= 15 is 0 Å². The summed E-state index contributed by atoms with van der Waals surface area (Å²) in [6.07, 6.45) is 1.74. The molecule has 2 heterocycles. The van der Waals surface area contributed by atoms with Gasteiger partial charge in [0.25, 0.3) is 5.69 Å². The Morgan fingerprint density at radius 1 is 1.21 bits per heavy atom. The van der Waals surface area contributed by atoms with Gasteiger partial charge in [-0.25, -0.2) is 4.79 Å². The number of carboxylic acid groups (broad SMARTS) is 1. The van der Waals surface area contributed by atoms with E-state index in [0.29, 0.717) is 43.9 Å². The van der Waals surface area contributed by atoms with E-state index in [-0.39, 0.29) is 35.3 Å². The van der Waals surface area contributed by atoms with Crippen LogP contribution in [0.15, 0.2) is 23.1 Å². The lowest BCUT2D eigenvalue weighted by Crippen LogP contribution is -2.47. The summed E-state index contributed by atoms with van der Waals surface area (Å²) in [6, 6.07) is 2.93. The predicted molar refractivity (Wildman–Crippen MR) is 117 cm³/mol. The van der Waals surface area contributed by atoms with Crippen molar-refractivity contribution >= 4 is 34.4 Å². The molecule has 1 saturated carbocycles. The smallest absolute Gasteiger partial charge is 0.469 e. The third-order valence-electron chi connectivity index (χ3n) is 6.00. The van der Waals surface area contributed by atoms with E-state index in [4.69, 9.17) is 5.11 Å². The molecule has 33 heavy (non-hydrogen) atoms. The number of carbonyl (C=O) groups excluding carboxylic acids is 1. The fraction of sp³-hybridized carbons (Fsp3) is 0.476. The Bertz CT molecular complexity index is 1170. The highest BCUT2D eigenvalue weighted by molar-refractivity contribution is 5.89. The first-order valence-corrected chi connectivity index (χ1v) is 10.6. The SMILES string of the molecule is COC(=O)CCN1CCN(c2cc3c(cc2[N+](=O)[O-])c(=O)c(OC(=O)O)cn3C2CC2)CC1. The number of anilines is 1. The summed E-state index contributed by atoms with van der Waals surface area (Å²) >= 11 is 0. The summed E-state index contributed by atoms with van der Waals surface area (Å²) in [7, 11) is 1.34. The molecule has 1 aliphatic heterocycles. The Hall–Kier alpha value is -3.67. The van der Waals surface area contributed by atoms with E-state index in [1.807, 2.05) is 4.90 Å². The average Bonchev–Trinajstić information content (AvgIpc) is 3.64. The van der Waals surface area contributed by atoms with E-state index in [2.05, 4.69) is 14.4 Å². The second-order valence-electron chi connectivity index (χ2n) is 8.10. The van der Waals surface area contributed by atoms with E-state index in [1.165, 1.54) is 19.4 Å². The lowest BCUT2D eigenvalue weighted by atomic mass is 10.1. The molecule has 1 saturated heterocycles. The van der Waals surface area contributed by atoms with Crippen LogP contribution in [0.3, 0.4) is 0 Å². The fourth-order valence-electron chi connectivity index (χ4n) is 4.13. The normalized spacial score (nSPS) is 16.6. The van der Waals surface area contributed by atoms with Crippen molar-refractivity contribution in [3.05, 3.63) is 38.7 Å². The number of nitro benzene ring substituents is 1. The number of benzene rings is 1. The first-order valence-electron chi connectivity index (χ1n) is 10.6. The van der Waals surface area contributed by atoms with Crippen LogP contribution in [0.1, 0.15) is 25.3 Å². The van der Waals surface area contributed by atoms with Gasteiger partial charge in [0.05, 0.1) is 35.6 Å². The summed E-state index contributed by atoms with van der Waals surface area (Å²) in [5, 5.41) is 20.9. The van der Waals surface area contributed by atoms with Crippen LogP contribution < -0.4 is 15.1 Å². The van der Waals surface area contributed by atoms with Gasteiger partial charge in [0.15, 0.2) is 5.75 Å². The predicted octanol–water partition coefficient (Wildman–Crippen LogP) is 1.99. The number of carbonyl (C=O) groups is 2. The van der Waals surface area contributed by atoms with Crippen molar-refractivity contribution in [2.45, 2.75) is 25.3 Å². The van der Waals surface area contributed by atoms with E-state index in [1.54, 1.807) is 10.6 Å². The second-order valence-corrected chi connectivity index (χ2v) is 8.10. The Morgan fingerprint density at radius 3 is 2.48 bits per heavy atom. The van der Waals surface area contributed by atoms with Crippen molar-refractivity contribution in [3.8, 4) is 5.75 Å².